The standard InChI is InChI=1S/C14H11Cl2FN2O2/c15-9-5-4-8(6-11(9)17)7-21-12-3-1-2-10(16)13(12)14(18)19-20/h1-6,20H,7H2,(H2,18,19). The van der Waals surface area contributed by atoms with E-state index < -0.39 is 5.82 Å². The van der Waals surface area contributed by atoms with E-state index >= 15 is 0 Å². The van der Waals surface area contributed by atoms with Crippen molar-refractivity contribution < 1.29 is 14.3 Å². The van der Waals surface area contributed by atoms with Crippen molar-refractivity contribution in [3.05, 3.63) is 63.4 Å². The molecule has 0 aliphatic carbocycles. The molecule has 0 saturated heterocycles. The quantitative estimate of drug-likeness (QED) is 0.388. The Kier molecular flexibility index (Phi) is 4.88. The summed E-state index contributed by atoms with van der Waals surface area (Å²) in [6.45, 7) is 0.0835. The lowest BCUT2D eigenvalue weighted by Crippen LogP contribution is -2.15. The summed E-state index contributed by atoms with van der Waals surface area (Å²) in [4.78, 5) is 0. The molecule has 0 unspecified atom stereocenters. The first kappa shape index (κ1) is 15.4. The molecule has 110 valence electrons. The van der Waals surface area contributed by atoms with Gasteiger partial charge in [-0.2, -0.15) is 0 Å². The second-order valence-corrected chi connectivity index (χ2v) is 4.95. The largest absolute Gasteiger partial charge is 0.488 e. The first-order chi connectivity index (χ1) is 10.0. The Morgan fingerprint density at radius 1 is 1.24 bits per heavy atom. The van der Waals surface area contributed by atoms with Gasteiger partial charge >= 0.3 is 0 Å². The van der Waals surface area contributed by atoms with Crippen LogP contribution in [0.15, 0.2) is 41.6 Å². The molecule has 2 aromatic carbocycles. The monoisotopic (exact) mass is 328 g/mol. The van der Waals surface area contributed by atoms with Gasteiger partial charge in [0.1, 0.15) is 18.2 Å². The number of rotatable bonds is 4. The molecule has 0 aliphatic rings. The zero-order valence-electron chi connectivity index (χ0n) is 10.7. The van der Waals surface area contributed by atoms with Crippen LogP contribution in [0.2, 0.25) is 10.0 Å². The van der Waals surface area contributed by atoms with Gasteiger partial charge in [-0.1, -0.05) is 40.5 Å². The minimum Gasteiger partial charge on any atom is -0.488 e. The van der Waals surface area contributed by atoms with Crippen LogP contribution < -0.4 is 10.5 Å². The third-order valence-electron chi connectivity index (χ3n) is 2.72. The Labute approximate surface area is 130 Å². The SMILES string of the molecule is N/C(=N/O)c1c(Cl)cccc1OCc1ccc(Cl)c(F)c1. The summed E-state index contributed by atoms with van der Waals surface area (Å²) < 4.78 is 18.9. The van der Waals surface area contributed by atoms with Gasteiger partial charge in [-0.25, -0.2) is 4.39 Å². The van der Waals surface area contributed by atoms with E-state index in [1.165, 1.54) is 12.1 Å². The summed E-state index contributed by atoms with van der Waals surface area (Å²) in [6, 6.07) is 9.22. The summed E-state index contributed by atoms with van der Waals surface area (Å²) in [5.74, 6) is -0.369. The molecule has 0 fully saturated rings. The summed E-state index contributed by atoms with van der Waals surface area (Å²) in [5, 5.41) is 12.0. The van der Waals surface area contributed by atoms with Gasteiger partial charge in [0.05, 0.1) is 15.6 Å². The second-order valence-electron chi connectivity index (χ2n) is 4.14. The molecular weight excluding hydrogens is 318 g/mol. The number of nitrogens with two attached hydrogens (primary N) is 1. The molecule has 0 aromatic heterocycles. The van der Waals surface area contributed by atoms with Crippen LogP contribution in [0.4, 0.5) is 4.39 Å². The van der Waals surface area contributed by atoms with E-state index in [-0.39, 0.29) is 28.1 Å². The molecule has 0 atom stereocenters. The summed E-state index contributed by atoms with van der Waals surface area (Å²) >= 11 is 11.6. The van der Waals surface area contributed by atoms with E-state index in [0.29, 0.717) is 11.3 Å². The number of ether oxygens (including phenoxy) is 1. The Hall–Kier alpha value is -1.98. The minimum absolute atomic E-state index is 0.0406. The number of amidine groups is 1. The fourth-order valence-corrected chi connectivity index (χ4v) is 2.09. The van der Waals surface area contributed by atoms with Crippen molar-refractivity contribution in [2.75, 3.05) is 0 Å². The number of benzene rings is 2. The van der Waals surface area contributed by atoms with E-state index in [9.17, 15) is 4.39 Å². The van der Waals surface area contributed by atoms with E-state index in [1.807, 2.05) is 0 Å². The first-order valence-corrected chi connectivity index (χ1v) is 6.61. The molecule has 0 aliphatic heterocycles. The molecule has 0 heterocycles. The Morgan fingerprint density at radius 2 is 2.00 bits per heavy atom. The van der Waals surface area contributed by atoms with Crippen LogP contribution in [-0.4, -0.2) is 11.0 Å². The smallest absolute Gasteiger partial charge is 0.175 e. The molecule has 2 aromatic rings. The lowest BCUT2D eigenvalue weighted by molar-refractivity contribution is 0.302. The molecule has 2 rings (SSSR count). The maximum atomic E-state index is 13.4. The van der Waals surface area contributed by atoms with E-state index in [4.69, 9.17) is 38.9 Å². The Morgan fingerprint density at radius 3 is 2.67 bits per heavy atom. The van der Waals surface area contributed by atoms with Gasteiger partial charge in [-0.05, 0) is 29.8 Å². The van der Waals surface area contributed by atoms with Crippen LogP contribution in [0, 0.1) is 5.82 Å². The Balaban J connectivity index is 2.24. The Bertz CT molecular complexity index is 693. The number of halogens is 3. The molecular formula is C14H11Cl2FN2O2. The van der Waals surface area contributed by atoms with E-state index in [0.717, 1.165) is 0 Å². The predicted octanol–water partition coefficient (Wildman–Crippen LogP) is 3.81. The van der Waals surface area contributed by atoms with Crippen molar-refractivity contribution >= 4 is 29.0 Å². The van der Waals surface area contributed by atoms with Crippen molar-refractivity contribution in [2.24, 2.45) is 10.9 Å². The average Bonchev–Trinajstić information content (AvgIpc) is 2.48. The fraction of sp³-hybridized carbons (Fsp3) is 0.0714. The number of oxime groups is 1. The maximum Gasteiger partial charge on any atom is 0.175 e. The highest BCUT2D eigenvalue weighted by molar-refractivity contribution is 6.34. The molecule has 0 bridgehead atoms. The van der Waals surface area contributed by atoms with Crippen LogP contribution in [0.5, 0.6) is 5.75 Å². The van der Waals surface area contributed by atoms with Gasteiger partial charge in [0.15, 0.2) is 5.84 Å². The van der Waals surface area contributed by atoms with E-state index in [2.05, 4.69) is 5.16 Å². The molecule has 0 amide bonds. The van der Waals surface area contributed by atoms with Crippen LogP contribution in [0.1, 0.15) is 11.1 Å². The minimum atomic E-state index is -0.527. The van der Waals surface area contributed by atoms with Gasteiger partial charge in [0.2, 0.25) is 0 Å². The normalized spacial score (nSPS) is 11.5. The lowest BCUT2D eigenvalue weighted by Gasteiger charge is -2.12. The third-order valence-corrected chi connectivity index (χ3v) is 3.34. The second kappa shape index (κ2) is 6.65. The van der Waals surface area contributed by atoms with Crippen molar-refractivity contribution in [2.45, 2.75) is 6.61 Å². The van der Waals surface area contributed by atoms with Crippen LogP contribution in [0.25, 0.3) is 0 Å². The van der Waals surface area contributed by atoms with Gasteiger partial charge in [-0.3, -0.25) is 0 Å². The predicted molar refractivity (Wildman–Crippen MR) is 79.7 cm³/mol. The molecule has 4 nitrogen and oxygen atoms in total. The highest BCUT2D eigenvalue weighted by atomic mass is 35.5. The zero-order valence-corrected chi connectivity index (χ0v) is 12.2. The first-order valence-electron chi connectivity index (χ1n) is 5.86. The molecule has 0 spiro atoms. The van der Waals surface area contributed by atoms with Crippen molar-refractivity contribution in [3.8, 4) is 5.75 Å². The lowest BCUT2D eigenvalue weighted by atomic mass is 10.2. The van der Waals surface area contributed by atoms with Crippen LogP contribution in [0.3, 0.4) is 0 Å². The van der Waals surface area contributed by atoms with Gasteiger partial charge < -0.3 is 15.7 Å². The highest BCUT2D eigenvalue weighted by Gasteiger charge is 2.13. The average molecular weight is 329 g/mol. The molecule has 3 N–H and O–H groups in total. The van der Waals surface area contributed by atoms with Gasteiger partial charge in [0, 0.05) is 0 Å². The zero-order chi connectivity index (χ0) is 15.4. The van der Waals surface area contributed by atoms with Crippen molar-refractivity contribution in [1.29, 1.82) is 0 Å². The number of nitrogens with zero attached hydrogens (tertiary/aromatic N) is 1. The third kappa shape index (κ3) is 3.56. The summed E-state index contributed by atoms with van der Waals surface area (Å²) in [5.41, 5.74) is 6.43. The van der Waals surface area contributed by atoms with Crippen LogP contribution >= 0.6 is 23.2 Å². The topological polar surface area (TPSA) is 67.8 Å². The highest BCUT2D eigenvalue weighted by Crippen LogP contribution is 2.27. The fourth-order valence-electron chi connectivity index (χ4n) is 1.71. The van der Waals surface area contributed by atoms with E-state index in [1.54, 1.807) is 24.3 Å². The molecule has 0 saturated carbocycles. The summed E-state index contributed by atoms with van der Waals surface area (Å²) in [7, 11) is 0. The van der Waals surface area contributed by atoms with Crippen LogP contribution in [-0.2, 0) is 6.61 Å². The molecule has 21 heavy (non-hydrogen) atoms. The van der Waals surface area contributed by atoms with Crippen molar-refractivity contribution in [3.63, 3.8) is 0 Å². The summed E-state index contributed by atoms with van der Waals surface area (Å²) in [6.07, 6.45) is 0. The number of hydrogen-bond acceptors (Lipinski definition) is 3. The molecule has 7 heteroatoms. The van der Waals surface area contributed by atoms with Gasteiger partial charge in [0.25, 0.3) is 0 Å². The van der Waals surface area contributed by atoms with Gasteiger partial charge in [-0.15, -0.1) is 0 Å². The molecule has 0 radical (unpaired) electrons. The maximum absolute atomic E-state index is 13.4. The number of hydrogen-bond donors (Lipinski definition) is 2. The van der Waals surface area contributed by atoms with Crippen molar-refractivity contribution in [1.82, 2.24) is 0 Å².